The molecule has 0 heterocycles. The maximum atomic E-state index is 12.0. The number of hydrogen-bond donors (Lipinski definition) is 2. The number of ether oxygens (including phenoxy) is 2. The summed E-state index contributed by atoms with van der Waals surface area (Å²) in [6.45, 7) is 6.09. The van der Waals surface area contributed by atoms with Crippen molar-refractivity contribution >= 4 is 29.3 Å². The lowest BCUT2D eigenvalue weighted by atomic mass is 10.3. The second-order valence-corrected chi connectivity index (χ2v) is 6.09. The molecule has 0 atom stereocenters. The van der Waals surface area contributed by atoms with Crippen molar-refractivity contribution < 1.29 is 33.4 Å². The lowest BCUT2D eigenvalue weighted by Gasteiger charge is -2.19. The third-order valence-corrected chi connectivity index (χ3v) is 3.30. The van der Waals surface area contributed by atoms with Gasteiger partial charge < -0.3 is 25.0 Å². The second kappa shape index (κ2) is 15.7. The molecule has 28 heavy (non-hydrogen) atoms. The summed E-state index contributed by atoms with van der Waals surface area (Å²) in [6.07, 6.45) is -0.258. The molecule has 0 spiro atoms. The molecule has 10 heteroatoms. The topological polar surface area (TPSA) is 131 Å². The number of rotatable bonds is 16. The van der Waals surface area contributed by atoms with Gasteiger partial charge in [-0.25, -0.2) is 0 Å². The van der Waals surface area contributed by atoms with Gasteiger partial charge in [0.1, 0.15) is 18.0 Å². The normalized spacial score (nSPS) is 10.2. The van der Waals surface area contributed by atoms with Crippen LogP contribution < -0.4 is 10.6 Å². The minimum atomic E-state index is -0.428. The Kier molecular flexibility index (Phi) is 14.4. The van der Waals surface area contributed by atoms with Crippen molar-refractivity contribution in [3.05, 3.63) is 0 Å². The van der Waals surface area contributed by atoms with Crippen molar-refractivity contribution in [3.8, 4) is 0 Å². The predicted molar refractivity (Wildman–Crippen MR) is 101 cm³/mol. The number of carbonyl (C=O) groups is 5. The molecule has 0 aliphatic rings. The molecule has 0 fully saturated rings. The molecule has 0 aliphatic carbocycles. The number of amides is 3. The summed E-state index contributed by atoms with van der Waals surface area (Å²) >= 11 is 0. The fraction of sp³-hybridized carbons (Fsp3) is 0.722. The first-order chi connectivity index (χ1) is 13.3. The van der Waals surface area contributed by atoms with Crippen LogP contribution in [0.5, 0.6) is 0 Å². The monoisotopic (exact) mass is 401 g/mol. The van der Waals surface area contributed by atoms with E-state index in [0.29, 0.717) is 19.8 Å². The number of hydrogen-bond acceptors (Lipinski definition) is 7. The van der Waals surface area contributed by atoms with E-state index in [0.717, 1.165) is 0 Å². The van der Waals surface area contributed by atoms with Gasteiger partial charge in [-0.3, -0.25) is 24.0 Å². The van der Waals surface area contributed by atoms with E-state index in [4.69, 9.17) is 9.47 Å². The Balaban J connectivity index is 3.87. The van der Waals surface area contributed by atoms with Gasteiger partial charge in [-0.15, -0.1) is 0 Å². The SMILES string of the molecule is CCOCCNC(=O)CC(=O)NCCOCCC(=O)N(CC(C)=O)CC(C)=O. The molecule has 0 aromatic carbocycles. The Morgan fingerprint density at radius 2 is 1.29 bits per heavy atom. The number of carbonyl (C=O) groups excluding carboxylic acids is 5. The van der Waals surface area contributed by atoms with Gasteiger partial charge in [0.25, 0.3) is 0 Å². The average molecular weight is 401 g/mol. The van der Waals surface area contributed by atoms with E-state index in [9.17, 15) is 24.0 Å². The molecule has 0 rings (SSSR count). The number of ketones is 2. The van der Waals surface area contributed by atoms with Gasteiger partial charge in [0.15, 0.2) is 0 Å². The van der Waals surface area contributed by atoms with E-state index < -0.39 is 5.91 Å². The number of nitrogens with one attached hydrogen (secondary N) is 2. The highest BCUT2D eigenvalue weighted by atomic mass is 16.5. The van der Waals surface area contributed by atoms with Crippen molar-refractivity contribution in [1.29, 1.82) is 0 Å². The van der Waals surface area contributed by atoms with Gasteiger partial charge in [0.05, 0.1) is 39.3 Å². The van der Waals surface area contributed by atoms with Crippen LogP contribution in [-0.4, -0.2) is 86.8 Å². The molecule has 0 bridgehead atoms. The summed E-state index contributed by atoms with van der Waals surface area (Å²) in [5.74, 6) is -1.58. The molecule has 160 valence electrons. The Morgan fingerprint density at radius 1 is 0.786 bits per heavy atom. The van der Waals surface area contributed by atoms with E-state index >= 15 is 0 Å². The van der Waals surface area contributed by atoms with Crippen LogP contribution >= 0.6 is 0 Å². The van der Waals surface area contributed by atoms with Gasteiger partial charge in [-0.1, -0.05) is 0 Å². The number of Topliss-reactive ketones (excluding diaryl/α,β-unsaturated/α-hetero) is 2. The maximum absolute atomic E-state index is 12.0. The van der Waals surface area contributed by atoms with Crippen molar-refractivity contribution in [3.63, 3.8) is 0 Å². The summed E-state index contributed by atoms with van der Waals surface area (Å²) in [6, 6.07) is 0. The smallest absolute Gasteiger partial charge is 0.229 e. The molecular weight excluding hydrogens is 370 g/mol. The summed E-state index contributed by atoms with van der Waals surface area (Å²) in [5.41, 5.74) is 0. The Hall–Kier alpha value is -2.33. The molecule has 10 nitrogen and oxygen atoms in total. The van der Waals surface area contributed by atoms with Crippen LogP contribution in [0.4, 0.5) is 0 Å². The Bertz CT molecular complexity index is 521. The Morgan fingerprint density at radius 3 is 1.75 bits per heavy atom. The summed E-state index contributed by atoms with van der Waals surface area (Å²) in [5, 5.41) is 5.10. The first kappa shape index (κ1) is 25.7. The van der Waals surface area contributed by atoms with Crippen molar-refractivity contribution in [2.45, 2.75) is 33.6 Å². The standard InChI is InChI=1S/C18H31N3O7/c1-4-27-9-6-19-16(24)11-17(25)20-7-10-28-8-5-18(26)21(12-14(2)22)13-15(3)23/h4-13H2,1-3H3,(H,19,24)(H,20,25). The highest BCUT2D eigenvalue weighted by Gasteiger charge is 2.16. The highest BCUT2D eigenvalue weighted by molar-refractivity contribution is 5.96. The van der Waals surface area contributed by atoms with Crippen LogP contribution in [0, 0.1) is 0 Å². The van der Waals surface area contributed by atoms with Crippen molar-refractivity contribution in [2.75, 3.05) is 52.6 Å². The largest absolute Gasteiger partial charge is 0.380 e. The zero-order valence-corrected chi connectivity index (χ0v) is 16.9. The lowest BCUT2D eigenvalue weighted by molar-refractivity contribution is -0.138. The summed E-state index contributed by atoms with van der Waals surface area (Å²) < 4.78 is 10.3. The lowest BCUT2D eigenvalue weighted by Crippen LogP contribution is -2.38. The minimum absolute atomic E-state index is 0.0245. The number of nitrogens with zero attached hydrogens (tertiary/aromatic N) is 1. The Labute approximate surface area is 165 Å². The van der Waals surface area contributed by atoms with E-state index in [-0.39, 0.29) is 69.1 Å². The molecule has 0 saturated carbocycles. The molecule has 0 unspecified atom stereocenters. The van der Waals surface area contributed by atoms with Crippen LogP contribution in [0.15, 0.2) is 0 Å². The molecule has 0 aliphatic heterocycles. The molecule has 0 saturated heterocycles. The third kappa shape index (κ3) is 14.8. The van der Waals surface area contributed by atoms with E-state index in [2.05, 4.69) is 10.6 Å². The van der Waals surface area contributed by atoms with Crippen LogP contribution in [0.2, 0.25) is 0 Å². The molecule has 0 aromatic rings. The first-order valence-electron chi connectivity index (χ1n) is 9.21. The second-order valence-electron chi connectivity index (χ2n) is 6.09. The van der Waals surface area contributed by atoms with Gasteiger partial charge in [-0.2, -0.15) is 0 Å². The summed E-state index contributed by atoms with van der Waals surface area (Å²) in [7, 11) is 0. The van der Waals surface area contributed by atoms with Gasteiger partial charge in [-0.05, 0) is 20.8 Å². The average Bonchev–Trinajstić information content (AvgIpc) is 2.60. The van der Waals surface area contributed by atoms with Gasteiger partial charge >= 0.3 is 0 Å². The van der Waals surface area contributed by atoms with Gasteiger partial charge in [0, 0.05) is 19.7 Å². The third-order valence-electron chi connectivity index (χ3n) is 3.30. The van der Waals surface area contributed by atoms with E-state index in [1.807, 2.05) is 6.92 Å². The van der Waals surface area contributed by atoms with Crippen LogP contribution in [0.1, 0.15) is 33.6 Å². The maximum Gasteiger partial charge on any atom is 0.229 e. The van der Waals surface area contributed by atoms with Crippen LogP contribution in [0.25, 0.3) is 0 Å². The highest BCUT2D eigenvalue weighted by Crippen LogP contribution is 1.97. The van der Waals surface area contributed by atoms with Crippen molar-refractivity contribution in [2.24, 2.45) is 0 Å². The van der Waals surface area contributed by atoms with Crippen LogP contribution in [0.3, 0.4) is 0 Å². The molecule has 0 radical (unpaired) electrons. The quantitative estimate of drug-likeness (QED) is 0.252. The molecular formula is C18H31N3O7. The van der Waals surface area contributed by atoms with E-state index in [1.54, 1.807) is 0 Å². The first-order valence-corrected chi connectivity index (χ1v) is 9.21. The zero-order valence-electron chi connectivity index (χ0n) is 16.9. The fourth-order valence-corrected chi connectivity index (χ4v) is 2.13. The summed E-state index contributed by atoms with van der Waals surface area (Å²) in [4.78, 5) is 58.6. The molecule has 0 aromatic heterocycles. The zero-order chi connectivity index (χ0) is 21.4. The van der Waals surface area contributed by atoms with Gasteiger partial charge in [0.2, 0.25) is 17.7 Å². The fourth-order valence-electron chi connectivity index (χ4n) is 2.13. The predicted octanol–water partition coefficient (Wildman–Crippen LogP) is -0.941. The van der Waals surface area contributed by atoms with E-state index in [1.165, 1.54) is 18.7 Å². The molecule has 2 N–H and O–H groups in total. The van der Waals surface area contributed by atoms with Crippen LogP contribution in [-0.2, 0) is 33.4 Å². The minimum Gasteiger partial charge on any atom is -0.380 e. The molecule has 3 amide bonds. The van der Waals surface area contributed by atoms with Crippen molar-refractivity contribution in [1.82, 2.24) is 15.5 Å².